The molecule has 0 radical (unpaired) electrons. The van der Waals surface area contributed by atoms with Crippen LogP contribution >= 0.6 is 0 Å². The van der Waals surface area contributed by atoms with Gasteiger partial charge in [0.15, 0.2) is 5.82 Å². The third-order valence-electron chi connectivity index (χ3n) is 4.65. The van der Waals surface area contributed by atoms with Crippen LogP contribution in [-0.2, 0) is 4.79 Å². The molecule has 1 aromatic carbocycles. The number of fused-ring (bicyclic) bond motifs is 3. The number of carbonyl (C=O) groups is 1. The number of aryl methyl sites for hydroxylation is 1. The van der Waals surface area contributed by atoms with Crippen molar-refractivity contribution in [1.29, 1.82) is 0 Å². The molecule has 9 nitrogen and oxygen atoms in total. The van der Waals surface area contributed by atoms with Crippen LogP contribution < -0.4 is 21.1 Å². The van der Waals surface area contributed by atoms with Crippen molar-refractivity contribution in [2.45, 2.75) is 40.0 Å². The number of nitrogen functional groups attached to an aromatic ring is 1. The lowest BCUT2D eigenvalue weighted by atomic mass is 10.1. The van der Waals surface area contributed by atoms with Gasteiger partial charge in [0, 0.05) is 25.6 Å². The molecule has 0 aliphatic heterocycles. The Bertz CT molecular complexity index is 1010. The van der Waals surface area contributed by atoms with Gasteiger partial charge in [-0.25, -0.2) is 4.98 Å². The highest BCUT2D eigenvalue weighted by molar-refractivity contribution is 5.87. The first-order valence-electron chi connectivity index (χ1n) is 9.90. The average molecular weight is 399 g/mol. The number of carbonyl (C=O) groups excluding carboxylic acids is 1. The van der Waals surface area contributed by atoms with Gasteiger partial charge in [0.05, 0.1) is 23.8 Å². The molecule has 0 aliphatic carbocycles. The molecular formula is C20H29N7O2. The van der Waals surface area contributed by atoms with Gasteiger partial charge in [-0.05, 0) is 31.7 Å². The lowest BCUT2D eigenvalue weighted by Crippen LogP contribution is -2.25. The average Bonchev–Trinajstić information content (AvgIpc) is 3.06. The number of amides is 1. The van der Waals surface area contributed by atoms with Crippen molar-refractivity contribution in [2.75, 3.05) is 31.2 Å². The van der Waals surface area contributed by atoms with Gasteiger partial charge in [-0.2, -0.15) is 0 Å². The second-order valence-corrected chi connectivity index (χ2v) is 7.53. The van der Waals surface area contributed by atoms with Crippen molar-refractivity contribution in [1.82, 2.24) is 24.9 Å². The molecule has 156 valence electrons. The van der Waals surface area contributed by atoms with Gasteiger partial charge in [0.2, 0.25) is 11.6 Å². The molecule has 0 spiro atoms. The highest BCUT2D eigenvalue weighted by Crippen LogP contribution is 2.29. The smallest absolute Gasteiger partial charge is 0.220 e. The summed E-state index contributed by atoms with van der Waals surface area (Å²) in [6.07, 6.45) is 2.35. The molecule has 9 heteroatoms. The summed E-state index contributed by atoms with van der Waals surface area (Å²) in [5, 5.41) is 14.8. The number of ether oxygens (including phenoxy) is 1. The maximum atomic E-state index is 11.7. The quantitative estimate of drug-likeness (QED) is 0.373. The number of nitrogens with two attached hydrogens (primary N) is 1. The maximum Gasteiger partial charge on any atom is 0.220 e. The topological polar surface area (TPSA) is 119 Å². The number of nitrogens with zero attached hydrogens (tertiary/aromatic N) is 4. The van der Waals surface area contributed by atoms with Gasteiger partial charge in [-0.15, -0.1) is 10.2 Å². The van der Waals surface area contributed by atoms with Crippen LogP contribution in [0.3, 0.4) is 0 Å². The van der Waals surface area contributed by atoms with Gasteiger partial charge in [-0.3, -0.25) is 9.20 Å². The largest absolute Gasteiger partial charge is 0.495 e. The monoisotopic (exact) mass is 399 g/mol. The Kier molecular flexibility index (Phi) is 6.36. The van der Waals surface area contributed by atoms with Crippen molar-refractivity contribution in [3.63, 3.8) is 0 Å². The lowest BCUT2D eigenvalue weighted by molar-refractivity contribution is -0.121. The van der Waals surface area contributed by atoms with Crippen LogP contribution in [0.2, 0.25) is 0 Å². The Morgan fingerprint density at radius 1 is 1.24 bits per heavy atom. The molecular weight excluding hydrogens is 370 g/mol. The van der Waals surface area contributed by atoms with E-state index in [0.29, 0.717) is 48.3 Å². The summed E-state index contributed by atoms with van der Waals surface area (Å²) < 4.78 is 7.26. The van der Waals surface area contributed by atoms with E-state index in [9.17, 15) is 4.79 Å². The van der Waals surface area contributed by atoms with E-state index in [0.717, 1.165) is 29.7 Å². The Hall–Kier alpha value is -3.10. The fourth-order valence-electron chi connectivity index (χ4n) is 3.24. The molecule has 2 heterocycles. The van der Waals surface area contributed by atoms with E-state index in [1.54, 1.807) is 7.11 Å². The van der Waals surface area contributed by atoms with Crippen LogP contribution in [0.15, 0.2) is 12.1 Å². The molecule has 0 aliphatic rings. The number of hydrogen-bond donors (Lipinski definition) is 3. The number of rotatable bonds is 9. The van der Waals surface area contributed by atoms with Gasteiger partial charge in [0.1, 0.15) is 11.6 Å². The minimum Gasteiger partial charge on any atom is -0.495 e. The number of nitrogens with one attached hydrogen (secondary N) is 2. The summed E-state index contributed by atoms with van der Waals surface area (Å²) in [5.41, 5.74) is 8.84. The van der Waals surface area contributed by atoms with E-state index in [-0.39, 0.29) is 5.91 Å². The molecule has 0 unspecified atom stereocenters. The van der Waals surface area contributed by atoms with Gasteiger partial charge < -0.3 is 21.1 Å². The molecule has 1 amide bonds. The normalized spacial score (nSPS) is 11.3. The Balaban J connectivity index is 1.69. The zero-order chi connectivity index (χ0) is 21.0. The van der Waals surface area contributed by atoms with E-state index < -0.39 is 0 Å². The number of methoxy groups -OCH3 is 1. The second-order valence-electron chi connectivity index (χ2n) is 7.53. The van der Waals surface area contributed by atoms with Crippen molar-refractivity contribution in [3.05, 3.63) is 18.0 Å². The Morgan fingerprint density at radius 2 is 2.00 bits per heavy atom. The highest BCUT2D eigenvalue weighted by atomic mass is 16.5. The van der Waals surface area contributed by atoms with E-state index in [4.69, 9.17) is 15.5 Å². The first kappa shape index (κ1) is 20.6. The SMILES string of the molecule is COc1cc2nc(NCCCCNC(=O)CC(C)C)c3nnc(C)n3c2cc1N. The van der Waals surface area contributed by atoms with Crippen molar-refractivity contribution in [3.8, 4) is 5.75 Å². The van der Waals surface area contributed by atoms with E-state index in [1.807, 2.05) is 37.3 Å². The molecule has 0 saturated carbocycles. The summed E-state index contributed by atoms with van der Waals surface area (Å²) in [5.74, 6) is 2.48. The van der Waals surface area contributed by atoms with Crippen LogP contribution in [0.5, 0.6) is 5.75 Å². The minimum atomic E-state index is 0.109. The van der Waals surface area contributed by atoms with Crippen LogP contribution in [0, 0.1) is 12.8 Å². The number of unbranched alkanes of at least 4 members (excludes halogenated alkanes) is 1. The fourth-order valence-corrected chi connectivity index (χ4v) is 3.24. The summed E-state index contributed by atoms with van der Waals surface area (Å²) in [6, 6.07) is 3.65. The predicted octanol–water partition coefficient (Wildman–Crippen LogP) is 2.53. The van der Waals surface area contributed by atoms with Crippen LogP contribution in [-0.4, -0.2) is 45.7 Å². The van der Waals surface area contributed by atoms with Crippen LogP contribution in [0.1, 0.15) is 38.9 Å². The zero-order valence-electron chi connectivity index (χ0n) is 17.5. The van der Waals surface area contributed by atoms with Gasteiger partial charge in [-0.1, -0.05) is 13.8 Å². The molecule has 0 fully saturated rings. The summed E-state index contributed by atoms with van der Waals surface area (Å²) in [7, 11) is 1.58. The van der Waals surface area contributed by atoms with Crippen LogP contribution in [0.25, 0.3) is 16.7 Å². The minimum absolute atomic E-state index is 0.109. The van der Waals surface area contributed by atoms with Gasteiger partial charge >= 0.3 is 0 Å². The molecule has 0 atom stereocenters. The molecule has 0 saturated heterocycles. The third kappa shape index (κ3) is 4.67. The molecule has 0 bridgehead atoms. The van der Waals surface area contributed by atoms with E-state index >= 15 is 0 Å². The second kappa shape index (κ2) is 8.93. The summed E-state index contributed by atoms with van der Waals surface area (Å²) in [6.45, 7) is 7.36. The molecule has 29 heavy (non-hydrogen) atoms. The zero-order valence-corrected chi connectivity index (χ0v) is 17.5. The molecule has 4 N–H and O–H groups in total. The predicted molar refractivity (Wildman–Crippen MR) is 114 cm³/mol. The number of aromatic nitrogens is 4. The number of benzene rings is 1. The van der Waals surface area contributed by atoms with Crippen LogP contribution in [0.4, 0.5) is 11.5 Å². The third-order valence-corrected chi connectivity index (χ3v) is 4.65. The standard InChI is InChI=1S/C20H29N7O2/c1-12(2)9-18(28)22-7-5-6-8-23-19-20-26-25-13(3)27(20)16-10-14(21)17(29-4)11-15(16)24-19/h10-12H,5-9,21H2,1-4H3,(H,22,28)(H,23,24). The van der Waals surface area contributed by atoms with E-state index in [2.05, 4.69) is 20.8 Å². The summed E-state index contributed by atoms with van der Waals surface area (Å²) >= 11 is 0. The van der Waals surface area contributed by atoms with Crippen molar-refractivity contribution >= 4 is 34.1 Å². The van der Waals surface area contributed by atoms with E-state index in [1.165, 1.54) is 0 Å². The lowest BCUT2D eigenvalue weighted by Gasteiger charge is -2.12. The maximum absolute atomic E-state index is 11.7. The first-order valence-corrected chi connectivity index (χ1v) is 9.90. The number of anilines is 2. The summed E-state index contributed by atoms with van der Waals surface area (Å²) in [4.78, 5) is 16.4. The molecule has 3 rings (SSSR count). The molecule has 3 aromatic rings. The first-order chi connectivity index (χ1) is 13.9. The fraction of sp³-hybridized carbons (Fsp3) is 0.500. The number of hydrogen-bond acceptors (Lipinski definition) is 7. The Labute approximate surface area is 170 Å². The highest BCUT2D eigenvalue weighted by Gasteiger charge is 2.15. The van der Waals surface area contributed by atoms with Gasteiger partial charge in [0.25, 0.3) is 0 Å². The van der Waals surface area contributed by atoms with Crippen molar-refractivity contribution in [2.24, 2.45) is 5.92 Å². The molecule has 2 aromatic heterocycles. The Morgan fingerprint density at radius 3 is 2.72 bits per heavy atom. The van der Waals surface area contributed by atoms with Crippen molar-refractivity contribution < 1.29 is 9.53 Å².